The van der Waals surface area contributed by atoms with Gasteiger partial charge in [-0.3, -0.25) is 9.59 Å². The molecule has 0 N–H and O–H groups in total. The van der Waals surface area contributed by atoms with E-state index in [-0.39, 0.29) is 11.8 Å². The first kappa shape index (κ1) is 16.6. The van der Waals surface area contributed by atoms with E-state index in [1.165, 1.54) is 6.08 Å². The minimum atomic E-state index is -0.0794. The molecule has 2 aliphatic rings. The molecule has 1 fully saturated rings. The zero-order valence-corrected chi connectivity index (χ0v) is 14.2. The van der Waals surface area contributed by atoms with E-state index in [2.05, 4.69) is 0 Å². The largest absolute Gasteiger partial charge is 0.486 e. The fraction of sp³-hybridized carbons (Fsp3) is 0.412. The van der Waals surface area contributed by atoms with Crippen LogP contribution in [0.5, 0.6) is 11.5 Å². The van der Waals surface area contributed by atoms with Crippen LogP contribution in [0.15, 0.2) is 18.2 Å². The average Bonchev–Trinajstić information content (AvgIpc) is 2.60. The highest BCUT2D eigenvalue weighted by Crippen LogP contribution is 2.38. The SMILES string of the molecule is CC(=O)N1CCN(C(=O)/C=C/c2cc(Cl)c3c(c2)OCCO3)CC1. The summed E-state index contributed by atoms with van der Waals surface area (Å²) in [5.74, 6) is 1.11. The molecule has 3 rings (SSSR count). The molecule has 1 aromatic carbocycles. The molecular formula is C17H19ClN2O4. The predicted molar refractivity (Wildman–Crippen MR) is 90.3 cm³/mol. The summed E-state index contributed by atoms with van der Waals surface area (Å²) in [7, 11) is 0. The molecule has 6 nitrogen and oxygen atoms in total. The van der Waals surface area contributed by atoms with Gasteiger partial charge in [-0.05, 0) is 23.8 Å². The van der Waals surface area contributed by atoms with Gasteiger partial charge in [-0.25, -0.2) is 0 Å². The molecule has 1 aromatic rings. The Bertz CT molecular complexity index is 681. The maximum atomic E-state index is 12.3. The molecule has 0 saturated carbocycles. The van der Waals surface area contributed by atoms with Gasteiger partial charge in [0.15, 0.2) is 11.5 Å². The lowest BCUT2D eigenvalue weighted by atomic mass is 10.1. The Morgan fingerprint density at radius 2 is 1.75 bits per heavy atom. The van der Waals surface area contributed by atoms with Crippen LogP contribution in [0.3, 0.4) is 0 Å². The van der Waals surface area contributed by atoms with Crippen LogP contribution in [0, 0.1) is 0 Å². The number of benzene rings is 1. The Morgan fingerprint density at radius 3 is 2.46 bits per heavy atom. The molecule has 1 saturated heterocycles. The summed E-state index contributed by atoms with van der Waals surface area (Å²) in [5, 5.41) is 0.467. The quantitative estimate of drug-likeness (QED) is 0.763. The zero-order chi connectivity index (χ0) is 17.1. The van der Waals surface area contributed by atoms with Crippen LogP contribution in [0.25, 0.3) is 6.08 Å². The summed E-state index contributed by atoms with van der Waals surface area (Å²) in [6.45, 7) is 4.75. The monoisotopic (exact) mass is 350 g/mol. The first-order valence-corrected chi connectivity index (χ1v) is 8.24. The number of halogens is 1. The van der Waals surface area contributed by atoms with Crippen molar-refractivity contribution in [2.75, 3.05) is 39.4 Å². The van der Waals surface area contributed by atoms with Crippen molar-refractivity contribution in [2.45, 2.75) is 6.92 Å². The van der Waals surface area contributed by atoms with Crippen molar-refractivity contribution in [3.63, 3.8) is 0 Å². The molecule has 2 aliphatic heterocycles. The van der Waals surface area contributed by atoms with Gasteiger partial charge in [-0.2, -0.15) is 0 Å². The highest BCUT2D eigenvalue weighted by molar-refractivity contribution is 6.32. The number of piperazine rings is 1. The Kier molecular flexibility index (Phi) is 4.94. The fourth-order valence-corrected chi connectivity index (χ4v) is 3.02. The molecule has 0 aromatic heterocycles. The normalized spacial score (nSPS) is 17.2. The van der Waals surface area contributed by atoms with Crippen molar-refractivity contribution in [1.29, 1.82) is 0 Å². The van der Waals surface area contributed by atoms with Crippen LogP contribution in [0.1, 0.15) is 12.5 Å². The van der Waals surface area contributed by atoms with Gasteiger partial charge in [0.25, 0.3) is 0 Å². The highest BCUT2D eigenvalue weighted by Gasteiger charge is 2.21. The summed E-state index contributed by atoms with van der Waals surface area (Å²) in [6.07, 6.45) is 3.23. The van der Waals surface area contributed by atoms with E-state index in [1.807, 2.05) is 0 Å². The van der Waals surface area contributed by atoms with Gasteiger partial charge < -0.3 is 19.3 Å². The van der Waals surface area contributed by atoms with E-state index >= 15 is 0 Å². The Hall–Kier alpha value is -2.21. The number of carbonyl (C=O) groups is 2. The van der Waals surface area contributed by atoms with Gasteiger partial charge in [0.1, 0.15) is 13.2 Å². The van der Waals surface area contributed by atoms with Crippen molar-refractivity contribution in [2.24, 2.45) is 0 Å². The smallest absolute Gasteiger partial charge is 0.246 e. The number of rotatable bonds is 2. The Labute approximate surface area is 145 Å². The van der Waals surface area contributed by atoms with Crippen LogP contribution in [-0.2, 0) is 9.59 Å². The van der Waals surface area contributed by atoms with Crippen LogP contribution in [0.2, 0.25) is 5.02 Å². The lowest BCUT2D eigenvalue weighted by molar-refractivity contribution is -0.135. The van der Waals surface area contributed by atoms with E-state index in [1.54, 1.807) is 34.9 Å². The summed E-state index contributed by atoms with van der Waals surface area (Å²) in [5.41, 5.74) is 0.778. The van der Waals surface area contributed by atoms with E-state index in [0.717, 1.165) is 5.56 Å². The standard InChI is InChI=1S/C17H19ClN2O4/c1-12(21)19-4-6-20(7-5-19)16(22)3-2-13-10-14(18)17-15(11-13)23-8-9-24-17/h2-3,10-11H,4-9H2,1H3/b3-2+. The summed E-state index contributed by atoms with van der Waals surface area (Å²) >= 11 is 6.19. The third kappa shape index (κ3) is 3.64. The Balaban J connectivity index is 1.64. The number of hydrogen-bond donors (Lipinski definition) is 0. The van der Waals surface area contributed by atoms with Gasteiger partial charge in [-0.1, -0.05) is 11.6 Å². The molecule has 0 bridgehead atoms. The summed E-state index contributed by atoms with van der Waals surface area (Å²) in [4.78, 5) is 27.1. The molecule has 0 unspecified atom stereocenters. The second kappa shape index (κ2) is 7.13. The molecule has 24 heavy (non-hydrogen) atoms. The van der Waals surface area contributed by atoms with Crippen LogP contribution >= 0.6 is 11.6 Å². The molecule has 2 amide bonds. The van der Waals surface area contributed by atoms with Gasteiger partial charge in [0.2, 0.25) is 11.8 Å². The maximum Gasteiger partial charge on any atom is 0.246 e. The fourth-order valence-electron chi connectivity index (χ4n) is 2.74. The molecule has 0 spiro atoms. The van der Waals surface area contributed by atoms with Crippen molar-refractivity contribution < 1.29 is 19.1 Å². The lowest BCUT2D eigenvalue weighted by Gasteiger charge is -2.33. The van der Waals surface area contributed by atoms with Crippen molar-refractivity contribution in [1.82, 2.24) is 9.80 Å². The number of nitrogens with zero attached hydrogens (tertiary/aromatic N) is 2. The van der Waals surface area contributed by atoms with Gasteiger partial charge in [-0.15, -0.1) is 0 Å². The molecular weight excluding hydrogens is 332 g/mol. The molecule has 7 heteroatoms. The van der Waals surface area contributed by atoms with Crippen LogP contribution in [-0.4, -0.2) is 61.0 Å². The molecule has 0 aliphatic carbocycles. The number of ether oxygens (including phenoxy) is 2. The van der Waals surface area contributed by atoms with Crippen LogP contribution < -0.4 is 9.47 Å². The van der Waals surface area contributed by atoms with Gasteiger partial charge in [0, 0.05) is 39.2 Å². The van der Waals surface area contributed by atoms with E-state index < -0.39 is 0 Å². The topological polar surface area (TPSA) is 59.1 Å². The molecule has 0 atom stereocenters. The van der Waals surface area contributed by atoms with Crippen molar-refractivity contribution in [3.05, 3.63) is 28.8 Å². The minimum absolute atomic E-state index is 0.0450. The molecule has 0 radical (unpaired) electrons. The summed E-state index contributed by atoms with van der Waals surface area (Å²) < 4.78 is 11.0. The number of fused-ring (bicyclic) bond motifs is 1. The predicted octanol–water partition coefficient (Wildman–Crippen LogP) is 1.82. The average molecular weight is 351 g/mol. The number of carbonyl (C=O) groups excluding carboxylic acids is 2. The second-order valence-corrected chi connectivity index (χ2v) is 6.10. The third-order valence-corrected chi connectivity index (χ3v) is 4.35. The molecule has 128 valence electrons. The van der Waals surface area contributed by atoms with Crippen molar-refractivity contribution >= 4 is 29.5 Å². The maximum absolute atomic E-state index is 12.3. The third-order valence-electron chi connectivity index (χ3n) is 4.07. The van der Waals surface area contributed by atoms with Gasteiger partial charge in [0.05, 0.1) is 5.02 Å². The van der Waals surface area contributed by atoms with E-state index in [0.29, 0.717) is 55.9 Å². The van der Waals surface area contributed by atoms with E-state index in [9.17, 15) is 9.59 Å². The Morgan fingerprint density at radius 1 is 1.08 bits per heavy atom. The van der Waals surface area contributed by atoms with Crippen molar-refractivity contribution in [3.8, 4) is 11.5 Å². The first-order chi connectivity index (χ1) is 11.5. The lowest BCUT2D eigenvalue weighted by Crippen LogP contribution is -2.49. The second-order valence-electron chi connectivity index (χ2n) is 5.69. The first-order valence-electron chi connectivity index (χ1n) is 7.86. The van der Waals surface area contributed by atoms with E-state index in [4.69, 9.17) is 21.1 Å². The summed E-state index contributed by atoms with van der Waals surface area (Å²) in [6, 6.07) is 3.55. The molecule has 2 heterocycles. The van der Waals surface area contributed by atoms with Crippen LogP contribution in [0.4, 0.5) is 0 Å². The zero-order valence-electron chi connectivity index (χ0n) is 13.5. The minimum Gasteiger partial charge on any atom is -0.486 e. The number of hydrogen-bond acceptors (Lipinski definition) is 4. The number of amides is 2. The van der Waals surface area contributed by atoms with Gasteiger partial charge >= 0.3 is 0 Å². The highest BCUT2D eigenvalue weighted by atomic mass is 35.5.